The van der Waals surface area contributed by atoms with E-state index in [1.54, 1.807) is 6.20 Å². The summed E-state index contributed by atoms with van der Waals surface area (Å²) in [6.07, 6.45) is 4.04. The normalized spacial score (nSPS) is 16.9. The fourth-order valence-corrected chi connectivity index (χ4v) is 4.38. The summed E-state index contributed by atoms with van der Waals surface area (Å²) in [6.45, 7) is 6.21. The van der Waals surface area contributed by atoms with E-state index in [0.717, 1.165) is 74.9 Å². The second-order valence-corrected chi connectivity index (χ2v) is 8.79. The van der Waals surface area contributed by atoms with Crippen LogP contribution in [0, 0.1) is 5.92 Å². The molecule has 3 heterocycles. The van der Waals surface area contributed by atoms with Crippen LogP contribution in [0.3, 0.4) is 0 Å². The van der Waals surface area contributed by atoms with Crippen molar-refractivity contribution in [2.75, 3.05) is 62.0 Å². The van der Waals surface area contributed by atoms with E-state index in [0.29, 0.717) is 24.2 Å². The van der Waals surface area contributed by atoms with E-state index in [-0.39, 0.29) is 0 Å². The maximum Gasteiger partial charge on any atom is 0.227 e. The Morgan fingerprint density at radius 2 is 1.85 bits per heavy atom. The van der Waals surface area contributed by atoms with Crippen LogP contribution in [-0.4, -0.2) is 56.0 Å². The first-order chi connectivity index (χ1) is 16.7. The molecular weight excluding hydrogens is 428 g/mol. The lowest BCUT2D eigenvalue weighted by Crippen LogP contribution is -2.36. The Bertz CT molecular complexity index is 1080. The van der Waals surface area contributed by atoms with Gasteiger partial charge in [0.15, 0.2) is 0 Å². The minimum Gasteiger partial charge on any atom is -0.491 e. The van der Waals surface area contributed by atoms with Crippen LogP contribution >= 0.6 is 0 Å². The molecule has 0 atom stereocenters. The van der Waals surface area contributed by atoms with Crippen molar-refractivity contribution in [2.24, 2.45) is 5.92 Å². The summed E-state index contributed by atoms with van der Waals surface area (Å²) in [5, 5.41) is 6.68. The summed E-state index contributed by atoms with van der Waals surface area (Å²) < 4.78 is 11.5. The summed E-state index contributed by atoms with van der Waals surface area (Å²) >= 11 is 0. The SMILES string of the molecule is Nc1cc(-c2ccnc(Nc3ccc(N4CCOCC4)cc3)n2)ccc1OCC1CCNCC1. The van der Waals surface area contributed by atoms with Crippen molar-refractivity contribution < 1.29 is 9.47 Å². The average molecular weight is 461 g/mol. The largest absolute Gasteiger partial charge is 0.491 e. The van der Waals surface area contributed by atoms with Crippen molar-refractivity contribution in [1.82, 2.24) is 15.3 Å². The molecule has 0 unspecified atom stereocenters. The topological polar surface area (TPSA) is 97.6 Å². The number of hydrogen-bond acceptors (Lipinski definition) is 8. The van der Waals surface area contributed by atoms with Gasteiger partial charge in [0, 0.05) is 36.2 Å². The molecule has 0 bridgehead atoms. The van der Waals surface area contributed by atoms with Crippen LogP contribution in [0.15, 0.2) is 54.7 Å². The first-order valence-corrected chi connectivity index (χ1v) is 12.0. The molecule has 2 aliphatic heterocycles. The number of nitrogen functional groups attached to an aromatic ring is 1. The first kappa shape index (κ1) is 22.4. The fraction of sp³-hybridized carbons (Fsp3) is 0.385. The lowest BCUT2D eigenvalue weighted by molar-refractivity contribution is 0.122. The fourth-order valence-electron chi connectivity index (χ4n) is 4.38. The van der Waals surface area contributed by atoms with Crippen molar-refractivity contribution in [3.63, 3.8) is 0 Å². The number of rotatable bonds is 7. The molecule has 0 spiro atoms. The number of hydrogen-bond donors (Lipinski definition) is 3. The third kappa shape index (κ3) is 5.58. The van der Waals surface area contributed by atoms with Crippen molar-refractivity contribution in [1.29, 1.82) is 0 Å². The predicted octanol–water partition coefficient (Wildman–Crippen LogP) is 3.68. The second-order valence-electron chi connectivity index (χ2n) is 8.79. The van der Waals surface area contributed by atoms with Crippen LogP contribution < -0.4 is 26.0 Å². The zero-order chi connectivity index (χ0) is 23.2. The molecule has 1 aromatic heterocycles. The van der Waals surface area contributed by atoms with Crippen molar-refractivity contribution >= 4 is 23.0 Å². The van der Waals surface area contributed by atoms with Gasteiger partial charge in [0.2, 0.25) is 5.95 Å². The Balaban J connectivity index is 1.23. The number of nitrogens with zero attached hydrogens (tertiary/aromatic N) is 3. The van der Waals surface area contributed by atoms with E-state index in [9.17, 15) is 0 Å². The third-order valence-corrected chi connectivity index (χ3v) is 6.39. The molecule has 5 rings (SSSR count). The quantitative estimate of drug-likeness (QED) is 0.460. The van der Waals surface area contributed by atoms with Gasteiger partial charge in [0.25, 0.3) is 0 Å². The van der Waals surface area contributed by atoms with Crippen molar-refractivity contribution in [3.8, 4) is 17.0 Å². The van der Waals surface area contributed by atoms with Gasteiger partial charge in [0.05, 0.1) is 31.2 Å². The minimum absolute atomic E-state index is 0.543. The Morgan fingerprint density at radius 3 is 2.62 bits per heavy atom. The van der Waals surface area contributed by atoms with Crippen LogP contribution in [0.2, 0.25) is 0 Å². The number of nitrogens with one attached hydrogen (secondary N) is 2. The molecule has 3 aromatic rings. The maximum absolute atomic E-state index is 6.30. The molecule has 0 aliphatic carbocycles. The molecule has 2 aliphatic rings. The van der Waals surface area contributed by atoms with E-state index in [1.165, 1.54) is 5.69 Å². The number of piperidine rings is 1. The highest BCUT2D eigenvalue weighted by Crippen LogP contribution is 2.29. The summed E-state index contributed by atoms with van der Waals surface area (Å²) in [5.74, 6) is 1.86. The monoisotopic (exact) mass is 460 g/mol. The molecular formula is C26H32N6O2. The average Bonchev–Trinajstić information content (AvgIpc) is 2.90. The van der Waals surface area contributed by atoms with Crippen LogP contribution in [0.4, 0.5) is 23.0 Å². The maximum atomic E-state index is 6.30. The van der Waals surface area contributed by atoms with Gasteiger partial charge in [-0.1, -0.05) is 0 Å². The Labute approximate surface area is 200 Å². The van der Waals surface area contributed by atoms with Crippen molar-refractivity contribution in [2.45, 2.75) is 12.8 Å². The molecule has 2 fully saturated rings. The highest BCUT2D eigenvalue weighted by atomic mass is 16.5. The summed E-state index contributed by atoms with van der Waals surface area (Å²) in [7, 11) is 0. The number of benzene rings is 2. The van der Waals surface area contributed by atoms with Gasteiger partial charge in [-0.3, -0.25) is 0 Å². The summed E-state index contributed by atoms with van der Waals surface area (Å²) in [6, 6.07) is 16.1. The van der Waals surface area contributed by atoms with E-state index < -0.39 is 0 Å². The van der Waals surface area contributed by atoms with Crippen molar-refractivity contribution in [3.05, 3.63) is 54.7 Å². The molecule has 2 aromatic carbocycles. The van der Waals surface area contributed by atoms with Gasteiger partial charge in [-0.25, -0.2) is 9.97 Å². The number of ether oxygens (including phenoxy) is 2. The number of morpholine rings is 1. The molecule has 2 saturated heterocycles. The Hall–Kier alpha value is -3.36. The molecule has 34 heavy (non-hydrogen) atoms. The van der Waals surface area contributed by atoms with Crippen LogP contribution in [0.5, 0.6) is 5.75 Å². The van der Waals surface area contributed by atoms with Crippen LogP contribution in [0.1, 0.15) is 12.8 Å². The smallest absolute Gasteiger partial charge is 0.227 e. The second kappa shape index (κ2) is 10.7. The van der Waals surface area contributed by atoms with Gasteiger partial charge in [-0.2, -0.15) is 0 Å². The molecule has 8 nitrogen and oxygen atoms in total. The predicted molar refractivity (Wildman–Crippen MR) is 136 cm³/mol. The standard InChI is InChI=1S/C26H32N6O2/c27-23-17-20(1-6-25(23)34-18-19-7-10-28-11-8-19)24-9-12-29-26(31-24)30-21-2-4-22(5-3-21)32-13-15-33-16-14-32/h1-6,9,12,17,19,28H,7-8,10-11,13-16,18,27H2,(H,29,30,31). The Morgan fingerprint density at radius 1 is 1.06 bits per heavy atom. The highest BCUT2D eigenvalue weighted by Gasteiger charge is 2.15. The highest BCUT2D eigenvalue weighted by molar-refractivity contribution is 5.69. The first-order valence-electron chi connectivity index (χ1n) is 12.0. The lowest BCUT2D eigenvalue weighted by atomic mass is 9.99. The summed E-state index contributed by atoms with van der Waals surface area (Å²) in [5.41, 5.74) is 10.8. The third-order valence-electron chi connectivity index (χ3n) is 6.39. The van der Waals surface area contributed by atoms with Gasteiger partial charge in [-0.15, -0.1) is 0 Å². The molecule has 4 N–H and O–H groups in total. The van der Waals surface area contributed by atoms with Gasteiger partial charge < -0.3 is 30.7 Å². The zero-order valence-corrected chi connectivity index (χ0v) is 19.4. The van der Waals surface area contributed by atoms with Gasteiger partial charge in [-0.05, 0) is 80.4 Å². The van der Waals surface area contributed by atoms with Gasteiger partial charge >= 0.3 is 0 Å². The summed E-state index contributed by atoms with van der Waals surface area (Å²) in [4.78, 5) is 11.4. The molecule has 8 heteroatoms. The number of anilines is 4. The molecule has 178 valence electrons. The molecule has 0 radical (unpaired) electrons. The van der Waals surface area contributed by atoms with E-state index >= 15 is 0 Å². The molecule has 0 amide bonds. The number of nitrogens with two attached hydrogens (primary N) is 1. The molecule has 0 saturated carbocycles. The van der Waals surface area contributed by atoms with Crippen LogP contribution in [-0.2, 0) is 4.74 Å². The van der Waals surface area contributed by atoms with Gasteiger partial charge in [0.1, 0.15) is 5.75 Å². The number of aromatic nitrogens is 2. The van der Waals surface area contributed by atoms with Crippen LogP contribution in [0.25, 0.3) is 11.3 Å². The zero-order valence-electron chi connectivity index (χ0n) is 19.4. The lowest BCUT2D eigenvalue weighted by Gasteiger charge is -2.28. The minimum atomic E-state index is 0.543. The van der Waals surface area contributed by atoms with E-state index in [4.69, 9.17) is 15.2 Å². The van der Waals surface area contributed by atoms with E-state index in [1.807, 2.05) is 36.4 Å². The van der Waals surface area contributed by atoms with E-state index in [2.05, 4.69) is 37.6 Å². The Kier molecular flexibility index (Phi) is 7.07.